The fourth-order valence-electron chi connectivity index (χ4n) is 1.30. The van der Waals surface area contributed by atoms with E-state index in [0.29, 0.717) is 17.0 Å². The van der Waals surface area contributed by atoms with Crippen LogP contribution in [0.1, 0.15) is 23.2 Å². The lowest BCUT2D eigenvalue weighted by Crippen LogP contribution is -2.06. The molecule has 0 saturated heterocycles. The van der Waals surface area contributed by atoms with Crippen LogP contribution in [0.15, 0.2) is 24.3 Å². The summed E-state index contributed by atoms with van der Waals surface area (Å²) in [7, 11) is -2.99. The summed E-state index contributed by atoms with van der Waals surface area (Å²) in [6, 6.07) is 6.65. The maximum atomic E-state index is 11.6. The monoisotopic (exact) mass is 260 g/mol. The Hall–Kier alpha value is -0.870. The van der Waals surface area contributed by atoms with Gasteiger partial charge in [0.05, 0.1) is 5.75 Å². The predicted octanol–water partition coefficient (Wildman–Crippen LogP) is 2.35. The molecule has 0 unspecified atom stereocenters. The van der Waals surface area contributed by atoms with Crippen LogP contribution >= 0.6 is 11.6 Å². The fraction of sp³-hybridized carbons (Fsp3) is 0.364. The molecule has 0 saturated carbocycles. The van der Waals surface area contributed by atoms with Crippen LogP contribution in [0.2, 0.25) is 5.02 Å². The molecule has 0 radical (unpaired) electrons. The highest BCUT2D eigenvalue weighted by Crippen LogP contribution is 2.13. The van der Waals surface area contributed by atoms with Crippen molar-refractivity contribution in [3.8, 4) is 0 Å². The second kappa shape index (κ2) is 5.46. The molecule has 0 N–H and O–H groups in total. The van der Waals surface area contributed by atoms with E-state index in [0.717, 1.165) is 6.26 Å². The van der Waals surface area contributed by atoms with Crippen molar-refractivity contribution in [1.82, 2.24) is 0 Å². The van der Waals surface area contributed by atoms with Crippen molar-refractivity contribution >= 4 is 27.2 Å². The van der Waals surface area contributed by atoms with E-state index in [1.807, 2.05) is 0 Å². The van der Waals surface area contributed by atoms with Gasteiger partial charge in [0, 0.05) is 23.3 Å². The molecule has 0 spiro atoms. The van der Waals surface area contributed by atoms with Gasteiger partial charge >= 0.3 is 0 Å². The Labute approximate surface area is 100 Å². The third kappa shape index (κ3) is 4.77. The molecule has 0 aliphatic carbocycles. The molecule has 0 bridgehead atoms. The van der Waals surface area contributed by atoms with Crippen molar-refractivity contribution in [3.63, 3.8) is 0 Å². The van der Waals surface area contributed by atoms with Crippen molar-refractivity contribution < 1.29 is 13.2 Å². The summed E-state index contributed by atoms with van der Waals surface area (Å²) in [5.41, 5.74) is 0.529. The minimum Gasteiger partial charge on any atom is -0.294 e. The Morgan fingerprint density at radius 2 is 2.06 bits per heavy atom. The van der Waals surface area contributed by atoms with Crippen LogP contribution < -0.4 is 0 Å². The van der Waals surface area contributed by atoms with Crippen molar-refractivity contribution in [2.75, 3.05) is 12.0 Å². The van der Waals surface area contributed by atoms with Gasteiger partial charge in [-0.3, -0.25) is 4.79 Å². The molecule has 0 amide bonds. The summed E-state index contributed by atoms with van der Waals surface area (Å²) in [4.78, 5) is 11.6. The first-order valence-electron chi connectivity index (χ1n) is 4.85. The molecule has 0 heterocycles. The normalized spacial score (nSPS) is 11.4. The molecule has 16 heavy (non-hydrogen) atoms. The smallest absolute Gasteiger partial charge is 0.162 e. The number of Topliss-reactive ketones (excluding diaryl/α,β-unsaturated/α-hetero) is 1. The van der Waals surface area contributed by atoms with Crippen LogP contribution in [0.25, 0.3) is 0 Å². The summed E-state index contributed by atoms with van der Waals surface area (Å²) in [5.74, 6) is -0.0367. The molecule has 1 aromatic carbocycles. The number of benzene rings is 1. The van der Waals surface area contributed by atoms with Crippen LogP contribution in [0.3, 0.4) is 0 Å². The average molecular weight is 261 g/mol. The first-order chi connectivity index (χ1) is 7.38. The van der Waals surface area contributed by atoms with Gasteiger partial charge in [-0.05, 0) is 18.6 Å². The topological polar surface area (TPSA) is 51.2 Å². The molecular formula is C11H13ClO3S. The number of carbonyl (C=O) groups excluding carboxylic acids is 1. The van der Waals surface area contributed by atoms with Crippen LogP contribution in [-0.4, -0.2) is 26.2 Å². The highest BCUT2D eigenvalue weighted by atomic mass is 35.5. The Bertz CT molecular complexity index is 480. The van der Waals surface area contributed by atoms with Gasteiger partial charge in [-0.25, -0.2) is 8.42 Å². The van der Waals surface area contributed by atoms with Gasteiger partial charge in [0.1, 0.15) is 9.84 Å². The molecular weight excluding hydrogens is 248 g/mol. The first kappa shape index (κ1) is 13.2. The number of carbonyl (C=O) groups is 1. The lowest BCUT2D eigenvalue weighted by Gasteiger charge is -2.01. The zero-order valence-electron chi connectivity index (χ0n) is 8.94. The van der Waals surface area contributed by atoms with E-state index >= 15 is 0 Å². The van der Waals surface area contributed by atoms with E-state index in [-0.39, 0.29) is 18.0 Å². The Balaban J connectivity index is 2.54. The van der Waals surface area contributed by atoms with E-state index in [9.17, 15) is 13.2 Å². The molecule has 0 aromatic heterocycles. The maximum Gasteiger partial charge on any atom is 0.162 e. The standard InChI is InChI=1S/C11H13ClO3S/c1-16(14,15)7-3-6-11(13)9-4-2-5-10(12)8-9/h2,4-5,8H,3,6-7H2,1H3. The van der Waals surface area contributed by atoms with Gasteiger partial charge in [0.2, 0.25) is 0 Å². The number of rotatable bonds is 5. The van der Waals surface area contributed by atoms with Gasteiger partial charge in [-0.2, -0.15) is 0 Å². The highest BCUT2D eigenvalue weighted by Gasteiger charge is 2.08. The van der Waals surface area contributed by atoms with Crippen molar-refractivity contribution in [2.24, 2.45) is 0 Å². The summed E-state index contributed by atoms with van der Waals surface area (Å²) in [6.07, 6.45) is 1.74. The second-order valence-electron chi connectivity index (χ2n) is 3.67. The first-order valence-corrected chi connectivity index (χ1v) is 7.29. The second-order valence-corrected chi connectivity index (χ2v) is 6.36. The summed E-state index contributed by atoms with van der Waals surface area (Å²) in [5, 5.41) is 0.508. The largest absolute Gasteiger partial charge is 0.294 e. The number of halogens is 1. The zero-order valence-corrected chi connectivity index (χ0v) is 10.5. The fourth-order valence-corrected chi connectivity index (χ4v) is 2.16. The van der Waals surface area contributed by atoms with Crippen LogP contribution in [-0.2, 0) is 9.84 Å². The van der Waals surface area contributed by atoms with Gasteiger partial charge < -0.3 is 0 Å². The van der Waals surface area contributed by atoms with Crippen molar-refractivity contribution in [3.05, 3.63) is 34.9 Å². The van der Waals surface area contributed by atoms with E-state index in [1.165, 1.54) is 0 Å². The van der Waals surface area contributed by atoms with Gasteiger partial charge in [0.15, 0.2) is 5.78 Å². The third-order valence-electron chi connectivity index (χ3n) is 2.07. The van der Waals surface area contributed by atoms with Gasteiger partial charge in [-0.15, -0.1) is 0 Å². The quantitative estimate of drug-likeness (QED) is 0.764. The van der Waals surface area contributed by atoms with Crippen molar-refractivity contribution in [2.45, 2.75) is 12.8 Å². The lowest BCUT2D eigenvalue weighted by molar-refractivity contribution is 0.0982. The van der Waals surface area contributed by atoms with Crippen LogP contribution in [0.4, 0.5) is 0 Å². The van der Waals surface area contributed by atoms with E-state index < -0.39 is 9.84 Å². The Morgan fingerprint density at radius 1 is 1.38 bits per heavy atom. The zero-order chi connectivity index (χ0) is 12.2. The summed E-state index contributed by atoms with van der Waals surface area (Å²) < 4.78 is 21.7. The molecule has 88 valence electrons. The van der Waals surface area contributed by atoms with Crippen molar-refractivity contribution in [1.29, 1.82) is 0 Å². The minimum absolute atomic E-state index is 0.0410. The third-order valence-corrected chi connectivity index (χ3v) is 3.33. The predicted molar refractivity (Wildman–Crippen MR) is 64.7 cm³/mol. The molecule has 5 heteroatoms. The molecule has 0 atom stereocenters. The minimum atomic E-state index is -2.99. The average Bonchev–Trinajstić information content (AvgIpc) is 2.15. The molecule has 0 aliphatic rings. The summed E-state index contributed by atoms with van der Waals surface area (Å²) in [6.45, 7) is 0. The Morgan fingerprint density at radius 3 is 2.62 bits per heavy atom. The van der Waals surface area contributed by atoms with Gasteiger partial charge in [-0.1, -0.05) is 23.7 Å². The molecule has 1 aromatic rings. The summed E-state index contributed by atoms with van der Waals surface area (Å²) >= 11 is 5.75. The van der Waals surface area contributed by atoms with E-state index in [1.54, 1.807) is 24.3 Å². The molecule has 0 aliphatic heterocycles. The van der Waals surface area contributed by atoms with Crippen LogP contribution in [0, 0.1) is 0 Å². The van der Waals surface area contributed by atoms with Crippen LogP contribution in [0.5, 0.6) is 0 Å². The Kier molecular flexibility index (Phi) is 4.50. The number of hydrogen-bond acceptors (Lipinski definition) is 3. The molecule has 1 rings (SSSR count). The molecule has 3 nitrogen and oxygen atoms in total. The number of sulfone groups is 1. The van der Waals surface area contributed by atoms with E-state index in [4.69, 9.17) is 11.6 Å². The number of ketones is 1. The number of hydrogen-bond donors (Lipinski definition) is 0. The lowest BCUT2D eigenvalue weighted by atomic mass is 10.1. The van der Waals surface area contributed by atoms with E-state index in [2.05, 4.69) is 0 Å². The maximum absolute atomic E-state index is 11.6. The van der Waals surface area contributed by atoms with Gasteiger partial charge in [0.25, 0.3) is 0 Å². The molecule has 0 fully saturated rings. The highest BCUT2D eigenvalue weighted by molar-refractivity contribution is 7.90. The SMILES string of the molecule is CS(=O)(=O)CCCC(=O)c1cccc(Cl)c1.